The van der Waals surface area contributed by atoms with Crippen LogP contribution in [0.15, 0.2) is 24.3 Å². The standard InChI is InChI=1S/C16H26N2O3/c1-12(2)18-16(3,15(17)20)9-11-21-14-6-4-13(5-7-14)8-10-19/h4-7,12,18-19H,8-11H2,1-3H3,(H2,17,20). The van der Waals surface area contributed by atoms with Crippen LogP contribution in [-0.2, 0) is 11.2 Å². The van der Waals surface area contributed by atoms with Gasteiger partial charge < -0.3 is 20.9 Å². The number of carbonyl (C=O) groups is 1. The lowest BCUT2D eigenvalue weighted by atomic mass is 9.96. The normalized spacial score (nSPS) is 14.0. The molecule has 5 heteroatoms. The summed E-state index contributed by atoms with van der Waals surface area (Å²) in [6.07, 6.45) is 1.14. The first-order valence-electron chi connectivity index (χ1n) is 7.27. The van der Waals surface area contributed by atoms with E-state index >= 15 is 0 Å². The van der Waals surface area contributed by atoms with Crippen LogP contribution in [0, 0.1) is 0 Å². The average Bonchev–Trinajstić information content (AvgIpc) is 2.40. The van der Waals surface area contributed by atoms with E-state index in [1.165, 1.54) is 0 Å². The smallest absolute Gasteiger partial charge is 0.237 e. The average molecular weight is 294 g/mol. The summed E-state index contributed by atoms with van der Waals surface area (Å²) in [5.74, 6) is 0.367. The van der Waals surface area contributed by atoms with E-state index in [0.29, 0.717) is 19.4 Å². The third kappa shape index (κ3) is 5.73. The highest BCUT2D eigenvalue weighted by atomic mass is 16.5. The number of aliphatic hydroxyl groups excluding tert-OH is 1. The number of amides is 1. The molecule has 0 aliphatic heterocycles. The van der Waals surface area contributed by atoms with E-state index in [1.807, 2.05) is 38.1 Å². The lowest BCUT2D eigenvalue weighted by molar-refractivity contribution is -0.124. The first-order chi connectivity index (χ1) is 9.87. The summed E-state index contributed by atoms with van der Waals surface area (Å²) in [7, 11) is 0. The van der Waals surface area contributed by atoms with E-state index in [4.69, 9.17) is 15.6 Å². The summed E-state index contributed by atoms with van der Waals surface area (Å²) in [4.78, 5) is 11.6. The quantitative estimate of drug-likeness (QED) is 0.639. The van der Waals surface area contributed by atoms with Gasteiger partial charge in [-0.1, -0.05) is 12.1 Å². The van der Waals surface area contributed by atoms with Crippen LogP contribution in [0.1, 0.15) is 32.8 Å². The third-order valence-electron chi connectivity index (χ3n) is 3.35. The van der Waals surface area contributed by atoms with Gasteiger partial charge in [0.1, 0.15) is 5.75 Å². The van der Waals surface area contributed by atoms with Crippen molar-refractivity contribution in [2.24, 2.45) is 5.73 Å². The second kappa shape index (κ2) is 8.00. The SMILES string of the molecule is CC(C)NC(C)(CCOc1ccc(CCO)cc1)C(N)=O. The molecule has 1 amide bonds. The van der Waals surface area contributed by atoms with Crippen LogP contribution >= 0.6 is 0 Å². The number of hydrogen-bond donors (Lipinski definition) is 3. The fraction of sp³-hybridized carbons (Fsp3) is 0.562. The number of primary amides is 1. The van der Waals surface area contributed by atoms with Gasteiger partial charge in [-0.05, 0) is 44.9 Å². The first-order valence-corrected chi connectivity index (χ1v) is 7.27. The summed E-state index contributed by atoms with van der Waals surface area (Å²) in [6.45, 7) is 6.28. The maximum Gasteiger partial charge on any atom is 0.237 e. The van der Waals surface area contributed by atoms with E-state index in [0.717, 1.165) is 11.3 Å². The van der Waals surface area contributed by atoms with Gasteiger partial charge in [0.25, 0.3) is 0 Å². The van der Waals surface area contributed by atoms with Crippen molar-refractivity contribution in [3.8, 4) is 5.75 Å². The molecule has 1 aromatic rings. The molecule has 0 heterocycles. The van der Waals surface area contributed by atoms with Crippen LogP contribution in [0.2, 0.25) is 0 Å². The molecule has 4 N–H and O–H groups in total. The number of nitrogens with one attached hydrogen (secondary N) is 1. The van der Waals surface area contributed by atoms with Crippen LogP contribution in [0.3, 0.4) is 0 Å². The summed E-state index contributed by atoms with van der Waals surface area (Å²) >= 11 is 0. The maximum atomic E-state index is 11.6. The second-order valence-electron chi connectivity index (χ2n) is 5.71. The molecule has 0 aliphatic rings. The number of nitrogens with two attached hydrogens (primary N) is 1. The van der Waals surface area contributed by atoms with Crippen molar-refractivity contribution in [2.75, 3.05) is 13.2 Å². The van der Waals surface area contributed by atoms with Gasteiger partial charge in [0, 0.05) is 19.1 Å². The van der Waals surface area contributed by atoms with E-state index in [9.17, 15) is 4.79 Å². The van der Waals surface area contributed by atoms with Crippen molar-refractivity contribution in [3.63, 3.8) is 0 Å². The largest absolute Gasteiger partial charge is 0.494 e. The summed E-state index contributed by atoms with van der Waals surface area (Å²) in [5, 5.41) is 12.0. The Labute approximate surface area is 126 Å². The van der Waals surface area contributed by atoms with Gasteiger partial charge in [-0.15, -0.1) is 0 Å². The van der Waals surface area contributed by atoms with Crippen molar-refractivity contribution < 1.29 is 14.6 Å². The van der Waals surface area contributed by atoms with Crippen molar-refractivity contribution in [2.45, 2.75) is 45.2 Å². The molecule has 0 fully saturated rings. The van der Waals surface area contributed by atoms with E-state index in [1.54, 1.807) is 6.92 Å². The molecule has 0 aliphatic carbocycles. The number of hydrogen-bond acceptors (Lipinski definition) is 4. The van der Waals surface area contributed by atoms with Gasteiger partial charge in [-0.25, -0.2) is 0 Å². The Bertz CT molecular complexity index is 445. The molecule has 0 saturated heterocycles. The van der Waals surface area contributed by atoms with Crippen LogP contribution in [0.5, 0.6) is 5.75 Å². The van der Waals surface area contributed by atoms with E-state index in [-0.39, 0.29) is 18.6 Å². The predicted octanol–water partition coefficient (Wildman–Crippen LogP) is 1.23. The van der Waals surface area contributed by atoms with Gasteiger partial charge in [0.2, 0.25) is 5.91 Å². The Kier molecular flexibility index (Phi) is 6.65. The number of rotatable bonds is 9. The maximum absolute atomic E-state index is 11.6. The number of benzene rings is 1. The van der Waals surface area contributed by atoms with Crippen LogP contribution in [-0.4, -0.2) is 35.8 Å². The van der Waals surface area contributed by atoms with Crippen LogP contribution < -0.4 is 15.8 Å². The molecule has 1 rings (SSSR count). The van der Waals surface area contributed by atoms with Crippen molar-refractivity contribution in [3.05, 3.63) is 29.8 Å². The lowest BCUT2D eigenvalue weighted by Crippen LogP contribution is -2.56. The summed E-state index contributed by atoms with van der Waals surface area (Å²) < 4.78 is 5.66. The van der Waals surface area contributed by atoms with Gasteiger partial charge in [0.15, 0.2) is 0 Å². The lowest BCUT2D eigenvalue weighted by Gasteiger charge is -2.29. The molecule has 0 bridgehead atoms. The number of ether oxygens (including phenoxy) is 1. The van der Waals surface area contributed by atoms with Gasteiger partial charge >= 0.3 is 0 Å². The molecule has 1 unspecified atom stereocenters. The highest BCUT2D eigenvalue weighted by Crippen LogP contribution is 2.15. The first kappa shape index (κ1) is 17.5. The molecule has 1 aromatic carbocycles. The highest BCUT2D eigenvalue weighted by molar-refractivity contribution is 5.84. The molecule has 5 nitrogen and oxygen atoms in total. The minimum Gasteiger partial charge on any atom is -0.494 e. The molecule has 1 atom stereocenters. The van der Waals surface area contributed by atoms with Crippen molar-refractivity contribution >= 4 is 5.91 Å². The highest BCUT2D eigenvalue weighted by Gasteiger charge is 2.31. The molecule has 0 saturated carbocycles. The van der Waals surface area contributed by atoms with E-state index < -0.39 is 5.54 Å². The molecule has 0 spiro atoms. The van der Waals surface area contributed by atoms with E-state index in [2.05, 4.69) is 5.32 Å². The Hall–Kier alpha value is -1.59. The molecule has 0 radical (unpaired) electrons. The Morgan fingerprint density at radius 1 is 1.38 bits per heavy atom. The van der Waals surface area contributed by atoms with Gasteiger partial charge in [0.05, 0.1) is 12.1 Å². The third-order valence-corrected chi connectivity index (χ3v) is 3.35. The number of aliphatic hydroxyl groups is 1. The zero-order valence-corrected chi connectivity index (χ0v) is 13.1. The zero-order chi connectivity index (χ0) is 15.9. The molecule has 0 aromatic heterocycles. The monoisotopic (exact) mass is 294 g/mol. The topological polar surface area (TPSA) is 84.6 Å². The van der Waals surface area contributed by atoms with Crippen LogP contribution in [0.4, 0.5) is 0 Å². The van der Waals surface area contributed by atoms with Crippen molar-refractivity contribution in [1.29, 1.82) is 0 Å². The van der Waals surface area contributed by atoms with Crippen molar-refractivity contribution in [1.82, 2.24) is 5.32 Å². The second-order valence-corrected chi connectivity index (χ2v) is 5.71. The Morgan fingerprint density at radius 3 is 2.48 bits per heavy atom. The summed E-state index contributed by atoms with van der Waals surface area (Å²) in [6, 6.07) is 7.74. The Morgan fingerprint density at radius 2 is 2.00 bits per heavy atom. The molecule has 118 valence electrons. The van der Waals surface area contributed by atoms with Gasteiger partial charge in [-0.2, -0.15) is 0 Å². The molecular formula is C16H26N2O3. The predicted molar refractivity (Wildman–Crippen MR) is 83.2 cm³/mol. The minimum atomic E-state index is -0.773. The van der Waals surface area contributed by atoms with Crippen LogP contribution in [0.25, 0.3) is 0 Å². The van der Waals surface area contributed by atoms with Gasteiger partial charge in [-0.3, -0.25) is 4.79 Å². The Balaban J connectivity index is 2.52. The minimum absolute atomic E-state index is 0.137. The molecule has 21 heavy (non-hydrogen) atoms. The fourth-order valence-corrected chi connectivity index (χ4v) is 2.16. The fourth-order valence-electron chi connectivity index (χ4n) is 2.16. The number of carbonyl (C=O) groups excluding carboxylic acids is 1. The summed E-state index contributed by atoms with van der Waals surface area (Å²) in [5.41, 5.74) is 5.76. The zero-order valence-electron chi connectivity index (χ0n) is 13.1. The molecular weight excluding hydrogens is 268 g/mol.